The zero-order valence-corrected chi connectivity index (χ0v) is 14.7. The minimum absolute atomic E-state index is 0. The van der Waals surface area contributed by atoms with Crippen LogP contribution in [0, 0.1) is 0 Å². The van der Waals surface area contributed by atoms with E-state index in [0.717, 1.165) is 12.0 Å². The highest BCUT2D eigenvalue weighted by molar-refractivity contribution is 5.89. The van der Waals surface area contributed by atoms with Crippen LogP contribution in [0.1, 0.15) is 30.1 Å². The molecule has 0 aliphatic heterocycles. The largest absolute Gasteiger partial charge is 0.494 e. The van der Waals surface area contributed by atoms with Gasteiger partial charge in [-0.1, -0.05) is 18.2 Å². The fourth-order valence-electron chi connectivity index (χ4n) is 1.78. The number of carboxylic acid groups (broad SMARTS) is 1. The van der Waals surface area contributed by atoms with Gasteiger partial charge in [0.05, 0.1) is 6.61 Å². The van der Waals surface area contributed by atoms with Crippen molar-refractivity contribution in [3.8, 4) is 5.75 Å². The lowest BCUT2D eigenvalue weighted by molar-refractivity contribution is -0.137. The summed E-state index contributed by atoms with van der Waals surface area (Å²) in [7, 11) is 0. The van der Waals surface area contributed by atoms with E-state index >= 15 is 0 Å². The Bertz CT molecular complexity index is 672. The molecule has 1 amide bonds. The van der Waals surface area contributed by atoms with Gasteiger partial charge in [-0.05, 0) is 42.8 Å². The van der Waals surface area contributed by atoms with Gasteiger partial charge in [-0.3, -0.25) is 14.4 Å². The number of para-hydroxylation sites is 1. The van der Waals surface area contributed by atoms with E-state index in [9.17, 15) is 14.4 Å². The van der Waals surface area contributed by atoms with Crippen LogP contribution in [0.3, 0.4) is 0 Å². The van der Waals surface area contributed by atoms with Gasteiger partial charge in [0, 0.05) is 24.6 Å². The Morgan fingerprint density at radius 2 is 1.69 bits per heavy atom. The Morgan fingerprint density at radius 3 is 2.19 bits per heavy atom. The number of carbonyl (C=O) groups is 3. The van der Waals surface area contributed by atoms with E-state index < -0.39 is 5.97 Å². The van der Waals surface area contributed by atoms with Gasteiger partial charge in [0.25, 0.3) is 0 Å². The second-order valence-electron chi connectivity index (χ2n) is 5.08. The van der Waals surface area contributed by atoms with Crippen molar-refractivity contribution in [1.82, 2.24) is 6.15 Å². The summed E-state index contributed by atoms with van der Waals surface area (Å²) in [6.45, 7) is 1.89. The molecule has 140 valence electrons. The first-order chi connectivity index (χ1) is 12.0. The molecular formula is C19H24N2O5. The fraction of sp³-hybridized carbons (Fsp3) is 0.211. The van der Waals surface area contributed by atoms with Gasteiger partial charge >= 0.3 is 5.97 Å². The molecule has 0 heterocycles. The van der Waals surface area contributed by atoms with Crippen LogP contribution in [-0.2, 0) is 9.59 Å². The molecule has 7 heteroatoms. The number of hydrogen-bond donors (Lipinski definition) is 3. The molecule has 7 nitrogen and oxygen atoms in total. The summed E-state index contributed by atoms with van der Waals surface area (Å²) in [5, 5.41) is 11.0. The average molecular weight is 360 g/mol. The SMILES string of the molecule is CC(=O)Nc1ccc(C=O)cc1.N.O=C(O)CCCOc1ccccc1. The normalized spacial score (nSPS) is 8.96. The van der Waals surface area contributed by atoms with Gasteiger partial charge < -0.3 is 21.3 Å². The lowest BCUT2D eigenvalue weighted by atomic mass is 10.2. The highest BCUT2D eigenvalue weighted by Crippen LogP contribution is 2.09. The van der Waals surface area contributed by atoms with Crippen LogP contribution in [0.4, 0.5) is 5.69 Å². The number of aldehydes is 1. The molecule has 0 fully saturated rings. The monoisotopic (exact) mass is 360 g/mol. The maximum atomic E-state index is 10.6. The van der Waals surface area contributed by atoms with Crippen molar-refractivity contribution in [1.29, 1.82) is 0 Å². The summed E-state index contributed by atoms with van der Waals surface area (Å²) in [5.74, 6) is -0.113. The van der Waals surface area contributed by atoms with Crippen molar-refractivity contribution in [2.24, 2.45) is 0 Å². The second-order valence-corrected chi connectivity index (χ2v) is 5.08. The van der Waals surface area contributed by atoms with E-state index in [1.807, 2.05) is 30.3 Å². The van der Waals surface area contributed by atoms with Gasteiger partial charge in [-0.15, -0.1) is 0 Å². The molecule has 0 aromatic heterocycles. The van der Waals surface area contributed by atoms with E-state index in [0.29, 0.717) is 24.3 Å². The molecule has 5 N–H and O–H groups in total. The van der Waals surface area contributed by atoms with Gasteiger partial charge in [0.2, 0.25) is 5.91 Å². The Kier molecular flexibility index (Phi) is 11.5. The quantitative estimate of drug-likeness (QED) is 0.512. The van der Waals surface area contributed by atoms with E-state index in [4.69, 9.17) is 9.84 Å². The first kappa shape index (κ1) is 22.8. The third-order valence-electron chi connectivity index (χ3n) is 2.91. The maximum Gasteiger partial charge on any atom is 0.303 e. The van der Waals surface area contributed by atoms with Crippen LogP contribution in [0.25, 0.3) is 0 Å². The van der Waals surface area contributed by atoms with Crippen molar-refractivity contribution >= 4 is 23.9 Å². The number of nitrogens with one attached hydrogen (secondary N) is 1. The molecule has 2 aromatic rings. The maximum absolute atomic E-state index is 10.6. The summed E-state index contributed by atoms with van der Waals surface area (Å²) in [4.78, 5) is 31.0. The zero-order chi connectivity index (χ0) is 18.5. The van der Waals surface area contributed by atoms with Crippen molar-refractivity contribution in [3.05, 3.63) is 60.2 Å². The zero-order valence-electron chi connectivity index (χ0n) is 14.7. The fourth-order valence-corrected chi connectivity index (χ4v) is 1.78. The molecule has 0 aliphatic rings. The first-order valence-corrected chi connectivity index (χ1v) is 7.73. The van der Waals surface area contributed by atoms with E-state index in [-0.39, 0.29) is 18.5 Å². The van der Waals surface area contributed by atoms with E-state index in [1.54, 1.807) is 24.3 Å². The molecule has 0 radical (unpaired) electrons. The van der Waals surface area contributed by atoms with Gasteiger partial charge in [0.15, 0.2) is 0 Å². The van der Waals surface area contributed by atoms with Crippen LogP contribution in [0.2, 0.25) is 0 Å². The van der Waals surface area contributed by atoms with Crippen molar-refractivity contribution in [2.45, 2.75) is 19.8 Å². The standard InChI is InChI=1S/C10H12O3.C9H9NO2.H3N/c11-10(12)7-4-8-13-9-5-2-1-3-6-9;1-7(12)10-9-4-2-8(6-11)3-5-9;/h1-3,5-6H,4,7-8H2,(H,11,12);2-6H,1H3,(H,10,12);1H3. The Morgan fingerprint density at radius 1 is 1.08 bits per heavy atom. The number of carboxylic acids is 1. The minimum atomic E-state index is -0.781. The number of carbonyl (C=O) groups excluding carboxylic acids is 2. The van der Waals surface area contributed by atoms with Crippen molar-refractivity contribution in [2.75, 3.05) is 11.9 Å². The molecule has 0 aliphatic carbocycles. The second kappa shape index (κ2) is 13.1. The minimum Gasteiger partial charge on any atom is -0.494 e. The van der Waals surface area contributed by atoms with Gasteiger partial charge in [-0.25, -0.2) is 0 Å². The molecule has 0 saturated carbocycles. The van der Waals surface area contributed by atoms with Gasteiger partial charge in [0.1, 0.15) is 12.0 Å². The summed E-state index contributed by atoms with van der Waals surface area (Å²) in [5.41, 5.74) is 1.30. The molecule has 0 unspecified atom stereocenters. The van der Waals surface area contributed by atoms with Crippen LogP contribution in [0.5, 0.6) is 5.75 Å². The van der Waals surface area contributed by atoms with Crippen LogP contribution < -0.4 is 16.2 Å². The van der Waals surface area contributed by atoms with Crippen LogP contribution >= 0.6 is 0 Å². The third-order valence-corrected chi connectivity index (χ3v) is 2.91. The highest BCUT2D eigenvalue weighted by Gasteiger charge is 1.97. The van der Waals surface area contributed by atoms with Crippen LogP contribution in [0.15, 0.2) is 54.6 Å². The summed E-state index contributed by atoms with van der Waals surface area (Å²) < 4.78 is 5.29. The highest BCUT2D eigenvalue weighted by atomic mass is 16.5. The summed E-state index contributed by atoms with van der Waals surface area (Å²) in [6, 6.07) is 16.0. The number of benzene rings is 2. The van der Waals surface area contributed by atoms with Crippen molar-refractivity contribution < 1.29 is 24.2 Å². The molecule has 2 aromatic carbocycles. The topological polar surface area (TPSA) is 128 Å². The van der Waals surface area contributed by atoms with Crippen LogP contribution in [-0.4, -0.2) is 29.9 Å². The molecule has 0 bridgehead atoms. The average Bonchev–Trinajstić information content (AvgIpc) is 2.60. The third kappa shape index (κ3) is 10.6. The number of ether oxygens (including phenoxy) is 1. The van der Waals surface area contributed by atoms with Crippen molar-refractivity contribution in [3.63, 3.8) is 0 Å². The number of amides is 1. The lowest BCUT2D eigenvalue weighted by Crippen LogP contribution is -2.05. The number of aliphatic carboxylic acids is 1. The molecule has 2 rings (SSSR count). The molecule has 0 saturated heterocycles. The van der Waals surface area contributed by atoms with Gasteiger partial charge in [-0.2, -0.15) is 0 Å². The Hall–Kier alpha value is -3.19. The molecule has 0 spiro atoms. The Labute approximate surface area is 152 Å². The predicted molar refractivity (Wildman–Crippen MR) is 100.0 cm³/mol. The Balaban J connectivity index is 0.000000464. The molecular weight excluding hydrogens is 336 g/mol. The number of anilines is 1. The first-order valence-electron chi connectivity index (χ1n) is 7.73. The smallest absolute Gasteiger partial charge is 0.303 e. The van der Waals surface area contributed by atoms with E-state index in [1.165, 1.54) is 6.92 Å². The predicted octanol–water partition coefficient (Wildman–Crippen LogP) is 3.55. The molecule has 26 heavy (non-hydrogen) atoms. The number of rotatable bonds is 7. The lowest BCUT2D eigenvalue weighted by Gasteiger charge is -2.03. The summed E-state index contributed by atoms with van der Waals surface area (Å²) >= 11 is 0. The van der Waals surface area contributed by atoms with E-state index in [2.05, 4.69) is 5.32 Å². The summed E-state index contributed by atoms with van der Waals surface area (Å²) in [6.07, 6.45) is 1.47. The number of hydrogen-bond acceptors (Lipinski definition) is 5. The molecule has 0 atom stereocenters.